The predicted octanol–water partition coefficient (Wildman–Crippen LogP) is 13.4. The van der Waals surface area contributed by atoms with Crippen molar-refractivity contribution in [3.05, 3.63) is 176 Å². The van der Waals surface area contributed by atoms with Gasteiger partial charge < -0.3 is 13.7 Å². The van der Waals surface area contributed by atoms with Crippen molar-refractivity contribution < 1.29 is 8.83 Å². The molecule has 49 heavy (non-hydrogen) atoms. The summed E-state index contributed by atoms with van der Waals surface area (Å²) in [6.45, 7) is 0. The summed E-state index contributed by atoms with van der Waals surface area (Å²) < 4.78 is 13.2. The summed E-state index contributed by atoms with van der Waals surface area (Å²) in [6.07, 6.45) is 0. The molecule has 0 saturated carbocycles. The Morgan fingerprint density at radius 2 is 0.898 bits per heavy atom. The molecular formula is C46H29NO2. The molecule has 230 valence electrons. The fourth-order valence-electron chi connectivity index (χ4n) is 7.41. The van der Waals surface area contributed by atoms with E-state index in [4.69, 9.17) is 8.83 Å². The Hall–Kier alpha value is -6.58. The average Bonchev–Trinajstić information content (AvgIpc) is 3.75. The Balaban J connectivity index is 1.15. The van der Waals surface area contributed by atoms with Crippen molar-refractivity contribution in [1.29, 1.82) is 0 Å². The molecule has 0 amide bonds. The monoisotopic (exact) mass is 627 g/mol. The van der Waals surface area contributed by atoms with Gasteiger partial charge >= 0.3 is 0 Å². The summed E-state index contributed by atoms with van der Waals surface area (Å²) in [5, 5.41) is 6.73. The molecule has 0 atom stereocenters. The number of hydrogen-bond acceptors (Lipinski definition) is 3. The maximum absolute atomic E-state index is 6.73. The fourth-order valence-corrected chi connectivity index (χ4v) is 7.41. The first-order chi connectivity index (χ1) is 24.3. The van der Waals surface area contributed by atoms with Crippen LogP contribution in [0.25, 0.3) is 76.9 Å². The van der Waals surface area contributed by atoms with Gasteiger partial charge in [0.2, 0.25) is 0 Å². The number of fused-ring (bicyclic) bond motifs is 8. The second-order valence-corrected chi connectivity index (χ2v) is 12.5. The van der Waals surface area contributed by atoms with E-state index in [1.165, 1.54) is 5.56 Å². The lowest BCUT2D eigenvalue weighted by Gasteiger charge is -2.25. The molecular weight excluding hydrogens is 599 g/mol. The summed E-state index contributed by atoms with van der Waals surface area (Å²) in [5.74, 6) is 0. The maximum Gasteiger partial charge on any atom is 0.159 e. The Morgan fingerprint density at radius 1 is 0.327 bits per heavy atom. The van der Waals surface area contributed by atoms with E-state index in [2.05, 4.69) is 163 Å². The van der Waals surface area contributed by atoms with Crippen LogP contribution in [-0.2, 0) is 0 Å². The second kappa shape index (κ2) is 11.0. The van der Waals surface area contributed by atoms with Crippen LogP contribution < -0.4 is 4.90 Å². The van der Waals surface area contributed by atoms with Gasteiger partial charge in [0.1, 0.15) is 16.7 Å². The van der Waals surface area contributed by atoms with Gasteiger partial charge in [-0.15, -0.1) is 0 Å². The van der Waals surface area contributed by atoms with E-state index in [1.54, 1.807) is 0 Å². The zero-order valence-electron chi connectivity index (χ0n) is 26.5. The Kier molecular flexibility index (Phi) is 6.18. The molecule has 0 aliphatic heterocycles. The fraction of sp³-hybridized carbons (Fsp3) is 0. The van der Waals surface area contributed by atoms with Crippen LogP contribution in [0.4, 0.5) is 17.1 Å². The highest BCUT2D eigenvalue weighted by molar-refractivity contribution is 6.20. The normalized spacial score (nSPS) is 11.7. The molecule has 3 nitrogen and oxygen atoms in total. The van der Waals surface area contributed by atoms with Gasteiger partial charge in [0, 0.05) is 43.9 Å². The van der Waals surface area contributed by atoms with E-state index >= 15 is 0 Å². The molecule has 0 aliphatic rings. The van der Waals surface area contributed by atoms with Crippen LogP contribution in [0.2, 0.25) is 0 Å². The average molecular weight is 628 g/mol. The lowest BCUT2D eigenvalue weighted by molar-refractivity contribution is 0.669. The molecule has 0 fully saturated rings. The van der Waals surface area contributed by atoms with Gasteiger partial charge in [0.05, 0.1) is 5.69 Å². The number of para-hydroxylation sites is 4. The van der Waals surface area contributed by atoms with Crippen LogP contribution >= 0.6 is 0 Å². The van der Waals surface area contributed by atoms with Gasteiger partial charge in [0.15, 0.2) is 5.58 Å². The third-order valence-electron chi connectivity index (χ3n) is 9.66. The summed E-state index contributed by atoms with van der Waals surface area (Å²) in [7, 11) is 0. The topological polar surface area (TPSA) is 29.5 Å². The van der Waals surface area contributed by atoms with Crippen molar-refractivity contribution in [2.75, 3.05) is 4.90 Å². The van der Waals surface area contributed by atoms with Crippen molar-refractivity contribution >= 4 is 71.7 Å². The second-order valence-electron chi connectivity index (χ2n) is 12.5. The number of hydrogen-bond donors (Lipinski definition) is 0. The third kappa shape index (κ3) is 4.37. The number of furan rings is 2. The van der Waals surface area contributed by atoms with Crippen molar-refractivity contribution in [2.45, 2.75) is 0 Å². The van der Waals surface area contributed by atoms with Crippen molar-refractivity contribution in [2.24, 2.45) is 0 Å². The van der Waals surface area contributed by atoms with Crippen molar-refractivity contribution in [3.63, 3.8) is 0 Å². The van der Waals surface area contributed by atoms with E-state index in [9.17, 15) is 0 Å². The molecule has 0 aliphatic carbocycles. The molecule has 0 spiro atoms. The maximum atomic E-state index is 6.73. The minimum atomic E-state index is 0.870. The lowest BCUT2D eigenvalue weighted by atomic mass is 9.94. The minimum Gasteiger partial charge on any atom is -0.455 e. The first kappa shape index (κ1) is 27.5. The van der Waals surface area contributed by atoms with Crippen LogP contribution in [0.15, 0.2) is 185 Å². The van der Waals surface area contributed by atoms with Crippen LogP contribution in [0.1, 0.15) is 0 Å². The minimum absolute atomic E-state index is 0.870. The first-order valence-electron chi connectivity index (χ1n) is 16.6. The molecule has 0 radical (unpaired) electrons. The molecule has 0 unspecified atom stereocenters. The zero-order valence-corrected chi connectivity index (χ0v) is 26.5. The van der Waals surface area contributed by atoms with Gasteiger partial charge in [-0.1, -0.05) is 133 Å². The molecule has 3 heteroatoms. The molecule has 10 aromatic rings. The Bertz CT molecular complexity index is 2810. The highest BCUT2D eigenvalue weighted by Crippen LogP contribution is 2.45. The van der Waals surface area contributed by atoms with Crippen LogP contribution in [0.5, 0.6) is 0 Å². The number of rotatable bonds is 5. The number of nitrogens with zero attached hydrogens (tertiary/aromatic N) is 1. The standard InChI is InChI=1S/C46H29NO2/c1-3-13-30(14-4-1)34-20-11-21-39-41-29-40(35-17-7-8-19-37(35)45(41)49-44(34)39)31-25-27-33(28-26-31)47(32-15-5-2-6-16-32)42-23-12-22-38-36-18-9-10-24-43(36)48-46(38)42/h1-29H. The van der Waals surface area contributed by atoms with Crippen LogP contribution in [0.3, 0.4) is 0 Å². The first-order valence-corrected chi connectivity index (χ1v) is 16.6. The summed E-state index contributed by atoms with van der Waals surface area (Å²) in [6, 6.07) is 61.8. The number of benzene rings is 8. The third-order valence-corrected chi connectivity index (χ3v) is 9.66. The predicted molar refractivity (Wildman–Crippen MR) is 204 cm³/mol. The molecule has 2 heterocycles. The largest absolute Gasteiger partial charge is 0.455 e. The van der Waals surface area contributed by atoms with Crippen LogP contribution in [-0.4, -0.2) is 0 Å². The van der Waals surface area contributed by atoms with E-state index in [0.29, 0.717) is 0 Å². The van der Waals surface area contributed by atoms with Gasteiger partial charge in [-0.25, -0.2) is 0 Å². The Labute approximate surface area is 282 Å². The molecule has 0 saturated heterocycles. The Morgan fingerprint density at radius 3 is 1.69 bits per heavy atom. The highest BCUT2D eigenvalue weighted by Gasteiger charge is 2.20. The molecule has 10 rings (SSSR count). The van der Waals surface area contributed by atoms with E-state index < -0.39 is 0 Å². The lowest BCUT2D eigenvalue weighted by Crippen LogP contribution is -2.10. The van der Waals surface area contributed by atoms with Gasteiger partial charge in [-0.3, -0.25) is 0 Å². The van der Waals surface area contributed by atoms with E-state index in [1.807, 2.05) is 18.2 Å². The molecule has 2 aromatic heterocycles. The molecule has 8 aromatic carbocycles. The van der Waals surface area contributed by atoms with E-state index in [0.717, 1.165) is 88.4 Å². The SMILES string of the molecule is c1ccc(-c2cccc3c2oc2c4ccccc4c(-c4ccc(N(c5ccccc5)c5cccc6c5oc5ccccc56)cc4)cc32)cc1. The molecule has 0 N–H and O–H groups in total. The quantitative estimate of drug-likeness (QED) is 0.190. The van der Waals surface area contributed by atoms with Crippen LogP contribution in [0, 0.1) is 0 Å². The van der Waals surface area contributed by atoms with Gasteiger partial charge in [-0.05, 0) is 64.5 Å². The number of anilines is 3. The highest BCUT2D eigenvalue weighted by atomic mass is 16.3. The summed E-state index contributed by atoms with van der Waals surface area (Å²) in [4.78, 5) is 2.28. The smallest absolute Gasteiger partial charge is 0.159 e. The van der Waals surface area contributed by atoms with Gasteiger partial charge in [-0.2, -0.15) is 0 Å². The summed E-state index contributed by atoms with van der Waals surface area (Å²) >= 11 is 0. The summed E-state index contributed by atoms with van der Waals surface area (Å²) in [5.41, 5.74) is 11.3. The van der Waals surface area contributed by atoms with Crippen molar-refractivity contribution in [3.8, 4) is 22.3 Å². The van der Waals surface area contributed by atoms with Crippen molar-refractivity contribution in [1.82, 2.24) is 0 Å². The zero-order chi connectivity index (χ0) is 32.3. The van der Waals surface area contributed by atoms with Gasteiger partial charge in [0.25, 0.3) is 0 Å². The van der Waals surface area contributed by atoms with E-state index in [-0.39, 0.29) is 0 Å². The molecule has 0 bridgehead atoms.